The maximum atomic E-state index is 6.04. The van der Waals surface area contributed by atoms with E-state index in [2.05, 4.69) is 5.32 Å². The summed E-state index contributed by atoms with van der Waals surface area (Å²) in [4.78, 5) is 0. The molecule has 0 atom stereocenters. The highest BCUT2D eigenvalue weighted by Gasteiger charge is 2.09. The third kappa shape index (κ3) is 2.93. The van der Waals surface area contributed by atoms with Crippen LogP contribution in [0.15, 0.2) is 12.1 Å². The number of hydrogen-bond acceptors (Lipinski definition) is 3. The summed E-state index contributed by atoms with van der Waals surface area (Å²) in [5, 5.41) is 3.62. The number of rotatable bonds is 5. The normalized spacial score (nSPS) is 9.87. The molecular formula is C11H16ClNO2. The highest BCUT2D eigenvalue weighted by Crippen LogP contribution is 2.36. The second-order valence-corrected chi connectivity index (χ2v) is 3.30. The van der Waals surface area contributed by atoms with Gasteiger partial charge in [0.1, 0.15) is 0 Å². The van der Waals surface area contributed by atoms with E-state index in [-0.39, 0.29) is 0 Å². The van der Waals surface area contributed by atoms with Crippen LogP contribution in [0.25, 0.3) is 0 Å². The zero-order chi connectivity index (χ0) is 11.3. The zero-order valence-corrected chi connectivity index (χ0v) is 10.0. The van der Waals surface area contributed by atoms with Crippen LogP contribution in [-0.2, 0) is 0 Å². The molecule has 0 saturated carbocycles. The van der Waals surface area contributed by atoms with Crippen LogP contribution < -0.4 is 14.8 Å². The lowest BCUT2D eigenvalue weighted by molar-refractivity contribution is 0.288. The number of anilines is 1. The van der Waals surface area contributed by atoms with Gasteiger partial charge in [-0.25, -0.2) is 0 Å². The largest absolute Gasteiger partial charge is 0.490 e. The molecule has 0 aliphatic rings. The van der Waals surface area contributed by atoms with Crippen molar-refractivity contribution >= 4 is 17.3 Å². The minimum atomic E-state index is 0.593. The molecule has 15 heavy (non-hydrogen) atoms. The van der Waals surface area contributed by atoms with E-state index in [4.69, 9.17) is 21.1 Å². The Morgan fingerprint density at radius 1 is 1.13 bits per heavy atom. The first-order chi connectivity index (χ1) is 7.22. The summed E-state index contributed by atoms with van der Waals surface area (Å²) in [6, 6.07) is 3.61. The third-order valence-corrected chi connectivity index (χ3v) is 2.22. The second-order valence-electron chi connectivity index (χ2n) is 2.89. The van der Waals surface area contributed by atoms with Crippen LogP contribution in [0.3, 0.4) is 0 Å². The molecule has 0 spiro atoms. The van der Waals surface area contributed by atoms with Crippen LogP contribution in [0, 0.1) is 0 Å². The predicted molar refractivity (Wildman–Crippen MR) is 63.3 cm³/mol. The Hall–Kier alpha value is -1.09. The molecule has 0 aromatic heterocycles. The van der Waals surface area contributed by atoms with Crippen LogP contribution in [0.2, 0.25) is 5.02 Å². The summed E-state index contributed by atoms with van der Waals surface area (Å²) in [6.45, 7) is 5.05. The van der Waals surface area contributed by atoms with Crippen molar-refractivity contribution in [2.75, 3.05) is 25.6 Å². The molecule has 0 fully saturated rings. The molecule has 1 aromatic carbocycles. The third-order valence-electron chi connectivity index (χ3n) is 1.90. The number of nitrogens with one attached hydrogen (secondary N) is 1. The van der Waals surface area contributed by atoms with E-state index in [0.717, 1.165) is 5.69 Å². The monoisotopic (exact) mass is 229 g/mol. The quantitative estimate of drug-likeness (QED) is 0.841. The summed E-state index contributed by atoms with van der Waals surface area (Å²) >= 11 is 6.04. The van der Waals surface area contributed by atoms with Gasteiger partial charge < -0.3 is 14.8 Å². The number of hydrogen-bond donors (Lipinski definition) is 1. The van der Waals surface area contributed by atoms with E-state index in [1.54, 1.807) is 6.07 Å². The lowest BCUT2D eigenvalue weighted by Gasteiger charge is -2.13. The van der Waals surface area contributed by atoms with Gasteiger partial charge in [0, 0.05) is 19.2 Å². The van der Waals surface area contributed by atoms with Crippen LogP contribution in [0.5, 0.6) is 11.5 Å². The Balaban J connectivity index is 3.07. The average molecular weight is 230 g/mol. The van der Waals surface area contributed by atoms with Crippen LogP contribution >= 0.6 is 11.6 Å². The summed E-state index contributed by atoms with van der Waals surface area (Å²) in [7, 11) is 1.82. The van der Waals surface area contributed by atoms with Gasteiger partial charge in [0.05, 0.1) is 23.9 Å². The predicted octanol–water partition coefficient (Wildman–Crippen LogP) is 3.18. The van der Waals surface area contributed by atoms with E-state index >= 15 is 0 Å². The van der Waals surface area contributed by atoms with Crippen molar-refractivity contribution < 1.29 is 9.47 Å². The first-order valence-electron chi connectivity index (χ1n) is 4.99. The molecule has 0 amide bonds. The fourth-order valence-electron chi connectivity index (χ4n) is 1.26. The molecule has 0 unspecified atom stereocenters. The number of benzene rings is 1. The van der Waals surface area contributed by atoms with Gasteiger partial charge in [0.2, 0.25) is 0 Å². The van der Waals surface area contributed by atoms with Crippen molar-refractivity contribution in [1.29, 1.82) is 0 Å². The van der Waals surface area contributed by atoms with Gasteiger partial charge in [-0.2, -0.15) is 0 Å². The van der Waals surface area contributed by atoms with Gasteiger partial charge in [-0.05, 0) is 13.8 Å². The molecule has 0 radical (unpaired) electrons. The molecular weight excluding hydrogens is 214 g/mol. The van der Waals surface area contributed by atoms with E-state index in [9.17, 15) is 0 Å². The molecule has 1 aromatic rings. The Morgan fingerprint density at radius 3 is 2.13 bits per heavy atom. The Morgan fingerprint density at radius 2 is 1.67 bits per heavy atom. The number of ether oxygens (including phenoxy) is 2. The molecule has 84 valence electrons. The first kappa shape index (κ1) is 12.0. The van der Waals surface area contributed by atoms with Crippen molar-refractivity contribution in [3.8, 4) is 11.5 Å². The van der Waals surface area contributed by atoms with Gasteiger partial charge in [-0.3, -0.25) is 0 Å². The van der Waals surface area contributed by atoms with Crippen LogP contribution in [0.4, 0.5) is 5.69 Å². The van der Waals surface area contributed by atoms with Gasteiger partial charge in [0.25, 0.3) is 0 Å². The molecule has 3 nitrogen and oxygen atoms in total. The van der Waals surface area contributed by atoms with E-state index < -0.39 is 0 Å². The van der Waals surface area contributed by atoms with Crippen molar-refractivity contribution in [3.63, 3.8) is 0 Å². The van der Waals surface area contributed by atoms with Gasteiger partial charge in [-0.15, -0.1) is 0 Å². The van der Waals surface area contributed by atoms with Gasteiger partial charge >= 0.3 is 0 Å². The zero-order valence-electron chi connectivity index (χ0n) is 9.26. The van der Waals surface area contributed by atoms with Crippen molar-refractivity contribution in [2.45, 2.75) is 13.8 Å². The highest BCUT2D eigenvalue weighted by atomic mass is 35.5. The molecule has 1 N–H and O–H groups in total. The van der Waals surface area contributed by atoms with Crippen molar-refractivity contribution in [2.24, 2.45) is 0 Å². The maximum Gasteiger partial charge on any atom is 0.163 e. The van der Waals surface area contributed by atoms with Crippen molar-refractivity contribution in [1.82, 2.24) is 0 Å². The average Bonchev–Trinajstić information content (AvgIpc) is 2.22. The molecule has 0 bridgehead atoms. The van der Waals surface area contributed by atoms with Crippen molar-refractivity contribution in [3.05, 3.63) is 17.2 Å². The van der Waals surface area contributed by atoms with Gasteiger partial charge in [0.15, 0.2) is 11.5 Å². The lowest BCUT2D eigenvalue weighted by atomic mass is 10.2. The fraction of sp³-hybridized carbons (Fsp3) is 0.455. The minimum absolute atomic E-state index is 0.593. The van der Waals surface area contributed by atoms with Crippen LogP contribution in [-0.4, -0.2) is 20.3 Å². The summed E-state index contributed by atoms with van der Waals surface area (Å²) < 4.78 is 10.9. The standard InChI is InChI=1S/C11H16ClNO2/c1-4-14-10-6-8(12)9(13-3)7-11(10)15-5-2/h6-7,13H,4-5H2,1-3H3. The van der Waals surface area contributed by atoms with Crippen LogP contribution in [0.1, 0.15) is 13.8 Å². The Kier molecular flexibility index (Phi) is 4.56. The van der Waals surface area contributed by atoms with E-state index in [1.165, 1.54) is 0 Å². The molecule has 0 aliphatic carbocycles. The van der Waals surface area contributed by atoms with Gasteiger partial charge in [-0.1, -0.05) is 11.6 Å². The summed E-state index contributed by atoms with van der Waals surface area (Å²) in [5.41, 5.74) is 0.837. The second kappa shape index (κ2) is 5.71. The minimum Gasteiger partial charge on any atom is -0.490 e. The lowest BCUT2D eigenvalue weighted by Crippen LogP contribution is -2.00. The topological polar surface area (TPSA) is 30.5 Å². The van der Waals surface area contributed by atoms with E-state index in [1.807, 2.05) is 27.0 Å². The maximum absolute atomic E-state index is 6.04. The fourth-order valence-corrected chi connectivity index (χ4v) is 1.51. The molecule has 0 heterocycles. The highest BCUT2D eigenvalue weighted by molar-refractivity contribution is 6.33. The van der Waals surface area contributed by atoms with E-state index in [0.29, 0.717) is 29.7 Å². The first-order valence-corrected chi connectivity index (χ1v) is 5.37. The Labute approximate surface area is 95.3 Å². The smallest absolute Gasteiger partial charge is 0.163 e. The Bertz CT molecular complexity index is 329. The summed E-state index contributed by atoms with van der Waals surface area (Å²) in [6.07, 6.45) is 0. The molecule has 0 aliphatic heterocycles. The SMILES string of the molecule is CCOc1cc(Cl)c(NC)cc1OCC. The molecule has 1 rings (SSSR count). The molecule has 4 heteroatoms. The number of halogens is 1. The molecule has 0 saturated heterocycles. The summed E-state index contributed by atoms with van der Waals surface area (Å²) in [5.74, 6) is 1.40.